The van der Waals surface area contributed by atoms with Crippen molar-refractivity contribution < 1.29 is 8.78 Å². The predicted octanol–water partition coefficient (Wildman–Crippen LogP) is 3.60. The SMILES string of the molecule is Cn1cnnc1N1N=C(c2cc(F)ccc2F)SC1(CCCN)c1ccccc1. The molecule has 4 rings (SSSR count). The highest BCUT2D eigenvalue weighted by atomic mass is 32.2. The van der Waals surface area contributed by atoms with E-state index in [0.717, 1.165) is 17.7 Å². The topological polar surface area (TPSA) is 72.3 Å². The van der Waals surface area contributed by atoms with E-state index in [1.165, 1.54) is 17.8 Å². The smallest absolute Gasteiger partial charge is 0.248 e. The average Bonchev–Trinajstić information content (AvgIpc) is 3.33. The zero-order valence-electron chi connectivity index (χ0n) is 15.8. The number of hydrogen-bond donors (Lipinski definition) is 1. The first kappa shape index (κ1) is 19.5. The molecule has 0 radical (unpaired) electrons. The second-order valence-corrected chi connectivity index (χ2v) is 7.99. The Kier molecular flexibility index (Phi) is 5.33. The van der Waals surface area contributed by atoms with E-state index in [2.05, 4.69) is 15.3 Å². The van der Waals surface area contributed by atoms with Crippen LogP contribution in [0.3, 0.4) is 0 Å². The van der Waals surface area contributed by atoms with Gasteiger partial charge in [0.2, 0.25) is 5.95 Å². The van der Waals surface area contributed by atoms with E-state index in [1.54, 1.807) is 15.9 Å². The van der Waals surface area contributed by atoms with Gasteiger partial charge in [0.25, 0.3) is 0 Å². The summed E-state index contributed by atoms with van der Waals surface area (Å²) < 4.78 is 30.2. The molecular formula is C20H20F2N6S. The summed E-state index contributed by atoms with van der Waals surface area (Å²) >= 11 is 1.37. The second-order valence-electron chi connectivity index (χ2n) is 6.73. The summed E-state index contributed by atoms with van der Waals surface area (Å²) in [7, 11) is 1.81. The Morgan fingerprint density at radius 3 is 2.62 bits per heavy atom. The number of nitrogens with two attached hydrogens (primary N) is 1. The Hall–Kier alpha value is -2.78. The van der Waals surface area contributed by atoms with Crippen LogP contribution in [0.25, 0.3) is 0 Å². The molecule has 0 bridgehead atoms. The van der Waals surface area contributed by atoms with E-state index in [0.29, 0.717) is 30.4 Å². The molecule has 0 saturated heterocycles. The van der Waals surface area contributed by atoms with Gasteiger partial charge in [-0.05, 0) is 43.1 Å². The molecule has 29 heavy (non-hydrogen) atoms. The number of aromatic nitrogens is 3. The van der Waals surface area contributed by atoms with Crippen molar-refractivity contribution in [1.82, 2.24) is 14.8 Å². The third-order valence-electron chi connectivity index (χ3n) is 4.78. The summed E-state index contributed by atoms with van der Waals surface area (Å²) in [5.41, 5.74) is 6.91. The lowest BCUT2D eigenvalue weighted by Crippen LogP contribution is -2.39. The molecule has 9 heteroatoms. The van der Waals surface area contributed by atoms with Crippen molar-refractivity contribution in [3.05, 3.63) is 77.6 Å². The zero-order valence-corrected chi connectivity index (χ0v) is 16.6. The highest BCUT2D eigenvalue weighted by Gasteiger charge is 2.48. The van der Waals surface area contributed by atoms with Crippen LogP contribution in [0, 0.1) is 11.6 Å². The molecule has 1 atom stereocenters. The van der Waals surface area contributed by atoms with E-state index in [-0.39, 0.29) is 5.56 Å². The standard InChI is InChI=1S/C20H20F2N6S/c1-27-13-24-25-19(27)28-20(10-5-11-23,14-6-3-2-4-7-14)29-18(26-28)16-12-15(21)8-9-17(16)22/h2-4,6-9,12-13H,5,10-11,23H2,1H3. The molecule has 1 aromatic heterocycles. The van der Waals surface area contributed by atoms with Gasteiger partial charge in [-0.1, -0.05) is 42.1 Å². The molecule has 1 aliphatic heterocycles. The Balaban J connectivity index is 1.89. The van der Waals surface area contributed by atoms with Crippen LogP contribution in [0.4, 0.5) is 14.7 Å². The molecule has 0 fully saturated rings. The van der Waals surface area contributed by atoms with Gasteiger partial charge in [0.15, 0.2) is 0 Å². The minimum Gasteiger partial charge on any atom is -0.330 e. The lowest BCUT2D eigenvalue weighted by atomic mass is 10.0. The number of thioether (sulfide) groups is 1. The summed E-state index contributed by atoms with van der Waals surface area (Å²) in [6.07, 6.45) is 2.93. The molecule has 1 aliphatic rings. The van der Waals surface area contributed by atoms with Crippen LogP contribution < -0.4 is 10.7 Å². The Labute approximate surface area is 171 Å². The molecule has 2 aromatic carbocycles. The quantitative estimate of drug-likeness (QED) is 0.667. The number of rotatable bonds is 6. The van der Waals surface area contributed by atoms with Crippen LogP contribution in [0.2, 0.25) is 0 Å². The minimum atomic E-state index is -0.713. The van der Waals surface area contributed by atoms with Gasteiger partial charge in [0, 0.05) is 12.6 Å². The summed E-state index contributed by atoms with van der Waals surface area (Å²) in [6, 6.07) is 13.2. The average molecular weight is 414 g/mol. The molecule has 0 spiro atoms. The summed E-state index contributed by atoms with van der Waals surface area (Å²) in [6.45, 7) is 0.492. The molecule has 2 N–H and O–H groups in total. The van der Waals surface area contributed by atoms with Crippen molar-refractivity contribution in [3.63, 3.8) is 0 Å². The molecule has 150 valence electrons. The van der Waals surface area contributed by atoms with Crippen LogP contribution >= 0.6 is 11.8 Å². The first-order chi connectivity index (χ1) is 14.0. The van der Waals surface area contributed by atoms with E-state index >= 15 is 0 Å². The second kappa shape index (κ2) is 7.92. The normalized spacial score (nSPS) is 18.9. The summed E-state index contributed by atoms with van der Waals surface area (Å²) in [5.74, 6) is -0.544. The fourth-order valence-electron chi connectivity index (χ4n) is 3.36. The number of halogens is 2. The number of anilines is 1. The lowest BCUT2D eigenvalue weighted by molar-refractivity contribution is 0.513. The molecular weight excluding hydrogens is 394 g/mol. The molecule has 0 amide bonds. The first-order valence-electron chi connectivity index (χ1n) is 9.18. The Bertz CT molecular complexity index is 1040. The molecule has 0 aliphatic carbocycles. The van der Waals surface area contributed by atoms with Gasteiger partial charge in [-0.2, -0.15) is 5.10 Å². The fourth-order valence-corrected chi connectivity index (χ4v) is 4.78. The highest BCUT2D eigenvalue weighted by Crippen LogP contribution is 2.51. The largest absolute Gasteiger partial charge is 0.330 e. The highest BCUT2D eigenvalue weighted by molar-refractivity contribution is 8.15. The van der Waals surface area contributed by atoms with Crippen LogP contribution in [0.5, 0.6) is 0 Å². The van der Waals surface area contributed by atoms with Crippen molar-refractivity contribution in [1.29, 1.82) is 0 Å². The van der Waals surface area contributed by atoms with Gasteiger partial charge >= 0.3 is 0 Å². The van der Waals surface area contributed by atoms with Gasteiger partial charge < -0.3 is 10.3 Å². The zero-order chi connectivity index (χ0) is 20.4. The van der Waals surface area contributed by atoms with Crippen molar-refractivity contribution in [2.45, 2.75) is 17.7 Å². The number of benzene rings is 2. The maximum absolute atomic E-state index is 14.5. The van der Waals surface area contributed by atoms with Crippen LogP contribution in [0.1, 0.15) is 24.0 Å². The maximum Gasteiger partial charge on any atom is 0.248 e. The molecule has 0 saturated carbocycles. The molecule has 6 nitrogen and oxygen atoms in total. The summed E-state index contributed by atoms with van der Waals surface area (Å²) in [4.78, 5) is -0.713. The minimum absolute atomic E-state index is 0.118. The first-order valence-corrected chi connectivity index (χ1v) is 9.99. The maximum atomic E-state index is 14.5. The monoisotopic (exact) mass is 414 g/mol. The van der Waals surface area contributed by atoms with Crippen LogP contribution in [-0.2, 0) is 11.9 Å². The van der Waals surface area contributed by atoms with E-state index in [9.17, 15) is 8.78 Å². The summed E-state index contributed by atoms with van der Waals surface area (Å²) in [5, 5.41) is 15.0. The van der Waals surface area contributed by atoms with Crippen molar-refractivity contribution in [3.8, 4) is 0 Å². The molecule has 2 heterocycles. The number of hydrazone groups is 1. The fraction of sp³-hybridized carbons (Fsp3) is 0.250. The van der Waals surface area contributed by atoms with Crippen LogP contribution in [0.15, 0.2) is 60.0 Å². The number of nitrogens with zero attached hydrogens (tertiary/aromatic N) is 5. The Morgan fingerprint density at radius 1 is 1.14 bits per heavy atom. The Morgan fingerprint density at radius 2 is 1.93 bits per heavy atom. The van der Waals surface area contributed by atoms with Gasteiger partial charge in [-0.3, -0.25) is 0 Å². The van der Waals surface area contributed by atoms with Crippen molar-refractivity contribution >= 4 is 22.8 Å². The van der Waals surface area contributed by atoms with Crippen LogP contribution in [-0.4, -0.2) is 26.4 Å². The third-order valence-corrected chi connectivity index (χ3v) is 6.22. The van der Waals surface area contributed by atoms with Gasteiger partial charge in [-0.25, -0.2) is 13.8 Å². The number of aryl methyl sites for hydroxylation is 1. The van der Waals surface area contributed by atoms with Gasteiger partial charge in [0.05, 0.1) is 0 Å². The van der Waals surface area contributed by atoms with Crippen molar-refractivity contribution in [2.75, 3.05) is 11.6 Å². The third kappa shape index (κ3) is 3.51. The number of hydrogen-bond acceptors (Lipinski definition) is 6. The molecule has 1 unspecified atom stereocenters. The van der Waals surface area contributed by atoms with E-state index in [1.807, 2.05) is 37.4 Å². The van der Waals surface area contributed by atoms with Gasteiger partial charge in [0.1, 0.15) is 27.9 Å². The van der Waals surface area contributed by atoms with E-state index < -0.39 is 16.5 Å². The van der Waals surface area contributed by atoms with E-state index in [4.69, 9.17) is 5.73 Å². The predicted molar refractivity (Wildman–Crippen MR) is 110 cm³/mol. The van der Waals surface area contributed by atoms with Crippen molar-refractivity contribution in [2.24, 2.45) is 17.9 Å². The molecule has 3 aromatic rings. The van der Waals surface area contributed by atoms with Gasteiger partial charge in [-0.15, -0.1) is 10.2 Å². The lowest BCUT2D eigenvalue weighted by Gasteiger charge is -2.36.